The van der Waals surface area contributed by atoms with Crippen molar-refractivity contribution in [2.24, 2.45) is 0 Å². The van der Waals surface area contributed by atoms with E-state index in [1.807, 2.05) is 30.3 Å². The first kappa shape index (κ1) is 19.9. The molecule has 0 N–H and O–H groups in total. The third kappa shape index (κ3) is 4.91. The lowest BCUT2D eigenvalue weighted by molar-refractivity contribution is -0.137. The predicted molar refractivity (Wildman–Crippen MR) is 98.7 cm³/mol. The van der Waals surface area contributed by atoms with Crippen molar-refractivity contribution in [2.75, 3.05) is 26.2 Å². The van der Waals surface area contributed by atoms with Gasteiger partial charge in [-0.15, -0.1) is 0 Å². The minimum Gasteiger partial charge on any atom is -0.341 e. The van der Waals surface area contributed by atoms with Gasteiger partial charge in [0.1, 0.15) is 0 Å². The SMILES string of the molecule is O=C(Cc1ccccc1)N1CCCN(C(=O)c2ccc(C(F)(F)F)cc2)CC1. The van der Waals surface area contributed by atoms with E-state index in [0.717, 1.165) is 17.7 Å². The lowest BCUT2D eigenvalue weighted by atomic mass is 10.1. The predicted octanol–water partition coefficient (Wildman–Crippen LogP) is 3.62. The van der Waals surface area contributed by atoms with Crippen molar-refractivity contribution in [3.63, 3.8) is 0 Å². The van der Waals surface area contributed by atoms with Gasteiger partial charge in [-0.25, -0.2) is 0 Å². The summed E-state index contributed by atoms with van der Waals surface area (Å²) in [5.41, 5.74) is 0.379. The highest BCUT2D eigenvalue weighted by Crippen LogP contribution is 2.29. The van der Waals surface area contributed by atoms with Gasteiger partial charge in [0.15, 0.2) is 0 Å². The Bertz CT molecular complexity index is 820. The molecule has 1 heterocycles. The first-order chi connectivity index (χ1) is 13.3. The summed E-state index contributed by atoms with van der Waals surface area (Å²) in [7, 11) is 0. The molecule has 7 heteroatoms. The van der Waals surface area contributed by atoms with E-state index in [-0.39, 0.29) is 17.4 Å². The van der Waals surface area contributed by atoms with Crippen LogP contribution in [0.4, 0.5) is 13.2 Å². The fraction of sp³-hybridized carbons (Fsp3) is 0.333. The van der Waals surface area contributed by atoms with Gasteiger partial charge in [0.2, 0.25) is 5.91 Å². The summed E-state index contributed by atoms with van der Waals surface area (Å²) in [6.07, 6.45) is -3.48. The second kappa shape index (κ2) is 8.46. The van der Waals surface area contributed by atoms with Crippen molar-refractivity contribution < 1.29 is 22.8 Å². The highest BCUT2D eigenvalue weighted by atomic mass is 19.4. The highest BCUT2D eigenvalue weighted by molar-refractivity contribution is 5.94. The second-order valence-corrected chi connectivity index (χ2v) is 6.76. The van der Waals surface area contributed by atoms with Gasteiger partial charge in [-0.1, -0.05) is 30.3 Å². The fourth-order valence-corrected chi connectivity index (χ4v) is 3.24. The molecule has 0 saturated carbocycles. The summed E-state index contributed by atoms with van der Waals surface area (Å²) in [6.45, 7) is 1.80. The largest absolute Gasteiger partial charge is 0.416 e. The molecule has 3 rings (SSSR count). The molecule has 1 fully saturated rings. The minimum atomic E-state index is -4.43. The standard InChI is InChI=1S/C21H21F3N2O2/c22-21(23,24)18-9-7-17(8-10-18)20(28)26-12-4-11-25(13-14-26)19(27)15-16-5-2-1-3-6-16/h1-3,5-10H,4,11-15H2. The van der Waals surface area contributed by atoms with Crippen molar-refractivity contribution in [3.05, 3.63) is 71.3 Å². The monoisotopic (exact) mass is 390 g/mol. The molecule has 2 aromatic carbocycles. The zero-order valence-electron chi connectivity index (χ0n) is 15.3. The highest BCUT2D eigenvalue weighted by Gasteiger charge is 2.30. The van der Waals surface area contributed by atoms with Crippen molar-refractivity contribution >= 4 is 11.8 Å². The smallest absolute Gasteiger partial charge is 0.341 e. The number of alkyl halides is 3. The van der Waals surface area contributed by atoms with Gasteiger partial charge in [0.05, 0.1) is 12.0 Å². The van der Waals surface area contributed by atoms with Gasteiger partial charge >= 0.3 is 6.18 Å². The summed E-state index contributed by atoms with van der Waals surface area (Å²) in [6, 6.07) is 13.7. The summed E-state index contributed by atoms with van der Waals surface area (Å²) in [4.78, 5) is 28.5. The maximum Gasteiger partial charge on any atom is 0.416 e. The van der Waals surface area contributed by atoms with E-state index in [1.165, 1.54) is 12.1 Å². The van der Waals surface area contributed by atoms with Gasteiger partial charge in [0.25, 0.3) is 5.91 Å². The molecule has 1 aliphatic rings. The molecule has 0 atom stereocenters. The van der Waals surface area contributed by atoms with E-state index in [9.17, 15) is 22.8 Å². The van der Waals surface area contributed by atoms with Gasteiger partial charge in [-0.05, 0) is 36.2 Å². The van der Waals surface area contributed by atoms with E-state index in [1.54, 1.807) is 9.80 Å². The summed E-state index contributed by atoms with van der Waals surface area (Å²) in [5.74, 6) is -0.305. The number of hydrogen-bond donors (Lipinski definition) is 0. The third-order valence-corrected chi connectivity index (χ3v) is 4.79. The lowest BCUT2D eigenvalue weighted by Crippen LogP contribution is -2.38. The molecule has 148 valence electrons. The van der Waals surface area contributed by atoms with Crippen LogP contribution in [0.15, 0.2) is 54.6 Å². The average molecular weight is 390 g/mol. The molecule has 0 aliphatic carbocycles. The number of carbonyl (C=O) groups is 2. The van der Waals surface area contributed by atoms with Crippen LogP contribution in [0.25, 0.3) is 0 Å². The van der Waals surface area contributed by atoms with Crippen LogP contribution in [-0.4, -0.2) is 47.8 Å². The van der Waals surface area contributed by atoms with Crippen LogP contribution < -0.4 is 0 Å². The number of benzene rings is 2. The molecule has 0 unspecified atom stereocenters. The Morgan fingerprint density at radius 1 is 0.821 bits per heavy atom. The van der Waals surface area contributed by atoms with Crippen LogP contribution >= 0.6 is 0 Å². The molecule has 28 heavy (non-hydrogen) atoms. The van der Waals surface area contributed by atoms with Crippen molar-refractivity contribution in [1.29, 1.82) is 0 Å². The van der Waals surface area contributed by atoms with Crippen LogP contribution in [0.1, 0.15) is 27.9 Å². The molecule has 0 spiro atoms. The molecule has 0 radical (unpaired) electrons. The summed E-state index contributed by atoms with van der Waals surface area (Å²) < 4.78 is 38.0. The Balaban J connectivity index is 1.60. The normalized spacial score (nSPS) is 15.2. The van der Waals surface area contributed by atoms with Crippen molar-refractivity contribution in [3.8, 4) is 0 Å². The summed E-state index contributed by atoms with van der Waals surface area (Å²) in [5, 5.41) is 0. The Hall–Kier alpha value is -2.83. The fourth-order valence-electron chi connectivity index (χ4n) is 3.24. The number of carbonyl (C=O) groups excluding carboxylic acids is 2. The summed E-state index contributed by atoms with van der Waals surface area (Å²) >= 11 is 0. The number of nitrogens with zero attached hydrogens (tertiary/aromatic N) is 2. The topological polar surface area (TPSA) is 40.6 Å². The Morgan fingerprint density at radius 3 is 2.07 bits per heavy atom. The Morgan fingerprint density at radius 2 is 1.43 bits per heavy atom. The maximum atomic E-state index is 12.7. The zero-order chi connectivity index (χ0) is 20.1. The van der Waals surface area contributed by atoms with Crippen LogP contribution in [0.3, 0.4) is 0 Å². The number of hydrogen-bond acceptors (Lipinski definition) is 2. The molecule has 1 saturated heterocycles. The van der Waals surface area contributed by atoms with Crippen LogP contribution in [0, 0.1) is 0 Å². The van der Waals surface area contributed by atoms with Crippen molar-refractivity contribution in [1.82, 2.24) is 9.80 Å². The van der Waals surface area contributed by atoms with Crippen LogP contribution in [-0.2, 0) is 17.4 Å². The first-order valence-corrected chi connectivity index (χ1v) is 9.13. The Kier molecular flexibility index (Phi) is 6.02. The van der Waals surface area contributed by atoms with Crippen LogP contribution in [0.2, 0.25) is 0 Å². The maximum absolute atomic E-state index is 12.7. The quantitative estimate of drug-likeness (QED) is 0.803. The van der Waals surface area contributed by atoms with E-state index in [2.05, 4.69) is 0 Å². The number of amides is 2. The molecule has 0 bridgehead atoms. The molecular formula is C21H21F3N2O2. The Labute approximate surface area is 161 Å². The van der Waals surface area contributed by atoms with Gasteiger partial charge in [0, 0.05) is 31.7 Å². The van der Waals surface area contributed by atoms with Gasteiger partial charge in [-0.3, -0.25) is 9.59 Å². The van der Waals surface area contributed by atoms with E-state index < -0.39 is 11.7 Å². The van der Waals surface area contributed by atoms with E-state index in [0.29, 0.717) is 39.0 Å². The van der Waals surface area contributed by atoms with Crippen LogP contribution in [0.5, 0.6) is 0 Å². The zero-order valence-corrected chi connectivity index (χ0v) is 15.3. The molecular weight excluding hydrogens is 369 g/mol. The molecule has 0 aromatic heterocycles. The molecule has 4 nitrogen and oxygen atoms in total. The first-order valence-electron chi connectivity index (χ1n) is 9.13. The van der Waals surface area contributed by atoms with Gasteiger partial charge in [-0.2, -0.15) is 13.2 Å². The van der Waals surface area contributed by atoms with E-state index >= 15 is 0 Å². The third-order valence-electron chi connectivity index (χ3n) is 4.79. The van der Waals surface area contributed by atoms with Gasteiger partial charge < -0.3 is 9.80 Å². The van der Waals surface area contributed by atoms with E-state index in [4.69, 9.17) is 0 Å². The van der Waals surface area contributed by atoms with Crippen molar-refractivity contribution in [2.45, 2.75) is 19.0 Å². The molecule has 1 aliphatic heterocycles. The average Bonchev–Trinajstić information content (AvgIpc) is 2.94. The minimum absolute atomic E-state index is 0.00929. The molecule has 2 amide bonds. The second-order valence-electron chi connectivity index (χ2n) is 6.76. The lowest BCUT2D eigenvalue weighted by Gasteiger charge is -2.22. The molecule has 2 aromatic rings. The number of rotatable bonds is 3. The number of halogens is 3.